The summed E-state index contributed by atoms with van der Waals surface area (Å²) in [5.74, 6) is 0.858. The van der Waals surface area contributed by atoms with Gasteiger partial charge in [0.15, 0.2) is 0 Å². The molecule has 0 saturated heterocycles. The number of aromatic nitrogens is 1. The zero-order chi connectivity index (χ0) is 13.1. The van der Waals surface area contributed by atoms with Crippen molar-refractivity contribution in [3.63, 3.8) is 0 Å². The maximum atomic E-state index is 7.43. The van der Waals surface area contributed by atoms with Crippen LogP contribution >= 0.6 is 0 Å². The van der Waals surface area contributed by atoms with Gasteiger partial charge in [0.25, 0.3) is 0 Å². The molecule has 4 heteroatoms. The second-order valence-electron chi connectivity index (χ2n) is 3.97. The molecule has 0 aliphatic heterocycles. The minimum atomic E-state index is 0.0429. The third kappa shape index (κ3) is 2.32. The molecule has 18 heavy (non-hydrogen) atoms. The monoisotopic (exact) mass is 241 g/mol. The minimum absolute atomic E-state index is 0.0429. The number of nitrogen functional groups attached to an aromatic ring is 1. The smallest absolute Gasteiger partial charge is 0.124 e. The van der Waals surface area contributed by atoms with Crippen LogP contribution in [0.15, 0.2) is 36.4 Å². The fourth-order valence-corrected chi connectivity index (χ4v) is 1.77. The predicted molar refractivity (Wildman–Crippen MR) is 72.0 cm³/mol. The summed E-state index contributed by atoms with van der Waals surface area (Å²) < 4.78 is 5.11. The van der Waals surface area contributed by atoms with Gasteiger partial charge < -0.3 is 10.5 Å². The highest BCUT2D eigenvalue weighted by molar-refractivity contribution is 5.96. The molecule has 0 aliphatic carbocycles. The fraction of sp³-hybridized carbons (Fsp3) is 0.143. The Bertz CT molecular complexity index is 576. The lowest BCUT2D eigenvalue weighted by atomic mass is 10.1. The average molecular weight is 241 g/mol. The van der Waals surface area contributed by atoms with Crippen LogP contribution in [-0.2, 0) is 0 Å². The van der Waals surface area contributed by atoms with Crippen LogP contribution in [0.1, 0.15) is 11.3 Å². The van der Waals surface area contributed by atoms with Crippen molar-refractivity contribution in [1.29, 1.82) is 5.41 Å². The first-order valence-electron chi connectivity index (χ1n) is 5.58. The Hall–Kier alpha value is -2.36. The highest BCUT2D eigenvalue weighted by Gasteiger charge is 2.06. The SMILES string of the molecule is COc1ccc(-c2ccc(C(=N)N)c(C)n2)cc1. The number of aryl methyl sites for hydroxylation is 1. The number of benzene rings is 1. The van der Waals surface area contributed by atoms with E-state index in [1.165, 1.54) is 0 Å². The molecular formula is C14H15N3O. The van der Waals surface area contributed by atoms with E-state index in [9.17, 15) is 0 Å². The molecule has 0 unspecified atom stereocenters. The first kappa shape index (κ1) is 12.1. The molecule has 0 radical (unpaired) electrons. The highest BCUT2D eigenvalue weighted by atomic mass is 16.5. The van der Waals surface area contributed by atoms with Crippen LogP contribution in [0.4, 0.5) is 0 Å². The van der Waals surface area contributed by atoms with Gasteiger partial charge in [-0.25, -0.2) is 0 Å². The molecule has 0 spiro atoms. The van der Waals surface area contributed by atoms with Crippen molar-refractivity contribution in [2.45, 2.75) is 6.92 Å². The van der Waals surface area contributed by atoms with E-state index in [0.29, 0.717) is 5.56 Å². The largest absolute Gasteiger partial charge is 0.497 e. The zero-order valence-electron chi connectivity index (χ0n) is 10.4. The molecule has 0 bridgehead atoms. The van der Waals surface area contributed by atoms with E-state index in [-0.39, 0.29) is 5.84 Å². The number of ether oxygens (including phenoxy) is 1. The van der Waals surface area contributed by atoms with Crippen LogP contribution in [0, 0.1) is 12.3 Å². The molecular weight excluding hydrogens is 226 g/mol. The summed E-state index contributed by atoms with van der Waals surface area (Å²) in [6, 6.07) is 11.4. The van der Waals surface area contributed by atoms with Gasteiger partial charge in [0.05, 0.1) is 12.8 Å². The van der Waals surface area contributed by atoms with Gasteiger partial charge in [-0.05, 0) is 43.3 Å². The molecule has 0 atom stereocenters. The lowest BCUT2D eigenvalue weighted by Gasteiger charge is -2.07. The number of pyridine rings is 1. The molecule has 2 aromatic rings. The number of methoxy groups -OCH3 is 1. The van der Waals surface area contributed by atoms with Crippen molar-refractivity contribution in [2.75, 3.05) is 7.11 Å². The summed E-state index contributed by atoms with van der Waals surface area (Å²) in [6.07, 6.45) is 0. The molecule has 0 saturated carbocycles. The molecule has 2 rings (SSSR count). The maximum Gasteiger partial charge on any atom is 0.124 e. The van der Waals surface area contributed by atoms with Crippen molar-refractivity contribution in [3.05, 3.63) is 47.7 Å². The Balaban J connectivity index is 2.39. The Labute approximate surface area is 106 Å². The fourth-order valence-electron chi connectivity index (χ4n) is 1.77. The number of nitrogens with one attached hydrogen (secondary N) is 1. The van der Waals surface area contributed by atoms with Crippen molar-refractivity contribution in [2.24, 2.45) is 5.73 Å². The van der Waals surface area contributed by atoms with Gasteiger partial charge in [-0.1, -0.05) is 0 Å². The topological polar surface area (TPSA) is 72.0 Å². The van der Waals surface area contributed by atoms with Crippen molar-refractivity contribution in [3.8, 4) is 17.0 Å². The predicted octanol–water partition coefficient (Wildman–Crippen LogP) is 2.35. The van der Waals surface area contributed by atoms with E-state index in [1.807, 2.05) is 43.3 Å². The Morgan fingerprint density at radius 3 is 2.33 bits per heavy atom. The minimum Gasteiger partial charge on any atom is -0.497 e. The van der Waals surface area contributed by atoms with Gasteiger partial charge in [0.2, 0.25) is 0 Å². The van der Waals surface area contributed by atoms with E-state index >= 15 is 0 Å². The molecule has 4 nitrogen and oxygen atoms in total. The average Bonchev–Trinajstić information content (AvgIpc) is 2.38. The summed E-state index contributed by atoms with van der Waals surface area (Å²) in [6.45, 7) is 1.85. The molecule has 0 aliphatic rings. The maximum absolute atomic E-state index is 7.43. The summed E-state index contributed by atoms with van der Waals surface area (Å²) >= 11 is 0. The van der Waals surface area contributed by atoms with Gasteiger partial charge in [-0.15, -0.1) is 0 Å². The lowest BCUT2D eigenvalue weighted by Crippen LogP contribution is -2.13. The summed E-state index contributed by atoms with van der Waals surface area (Å²) in [7, 11) is 1.64. The quantitative estimate of drug-likeness (QED) is 0.640. The van der Waals surface area contributed by atoms with E-state index in [4.69, 9.17) is 15.9 Å². The van der Waals surface area contributed by atoms with E-state index in [0.717, 1.165) is 22.7 Å². The summed E-state index contributed by atoms with van der Waals surface area (Å²) in [4.78, 5) is 4.46. The number of nitrogens with two attached hydrogens (primary N) is 1. The molecule has 0 amide bonds. The van der Waals surface area contributed by atoms with Crippen LogP contribution in [0.2, 0.25) is 0 Å². The van der Waals surface area contributed by atoms with Crippen LogP contribution in [0.5, 0.6) is 5.75 Å². The van der Waals surface area contributed by atoms with Gasteiger partial charge in [0.1, 0.15) is 11.6 Å². The Kier molecular flexibility index (Phi) is 3.28. The van der Waals surface area contributed by atoms with Crippen molar-refractivity contribution in [1.82, 2.24) is 4.98 Å². The third-order valence-electron chi connectivity index (χ3n) is 2.76. The van der Waals surface area contributed by atoms with Gasteiger partial charge >= 0.3 is 0 Å². The standard InChI is InChI=1S/C14H15N3O/c1-9-12(14(15)16)7-8-13(17-9)10-3-5-11(18-2)6-4-10/h3-8H,1-2H3,(H3,15,16). The third-order valence-corrected chi connectivity index (χ3v) is 2.76. The van der Waals surface area contributed by atoms with Gasteiger partial charge in [-0.2, -0.15) is 0 Å². The molecule has 1 heterocycles. The summed E-state index contributed by atoms with van der Waals surface area (Å²) in [5.41, 5.74) is 8.77. The molecule has 1 aromatic heterocycles. The number of hydrogen-bond acceptors (Lipinski definition) is 3. The van der Waals surface area contributed by atoms with Gasteiger partial charge in [-0.3, -0.25) is 10.4 Å². The van der Waals surface area contributed by atoms with Crippen LogP contribution < -0.4 is 10.5 Å². The first-order valence-corrected chi connectivity index (χ1v) is 5.58. The second kappa shape index (κ2) is 4.87. The van der Waals surface area contributed by atoms with E-state index < -0.39 is 0 Å². The lowest BCUT2D eigenvalue weighted by molar-refractivity contribution is 0.415. The van der Waals surface area contributed by atoms with Gasteiger partial charge in [0, 0.05) is 16.8 Å². The normalized spacial score (nSPS) is 10.1. The summed E-state index contributed by atoms with van der Waals surface area (Å²) in [5, 5.41) is 7.43. The number of nitrogens with zero attached hydrogens (tertiary/aromatic N) is 1. The molecule has 0 fully saturated rings. The zero-order valence-corrected chi connectivity index (χ0v) is 10.4. The molecule has 1 aromatic carbocycles. The Morgan fingerprint density at radius 1 is 1.17 bits per heavy atom. The van der Waals surface area contributed by atoms with Crippen molar-refractivity contribution < 1.29 is 4.74 Å². The number of amidine groups is 1. The van der Waals surface area contributed by atoms with Crippen molar-refractivity contribution >= 4 is 5.84 Å². The Morgan fingerprint density at radius 2 is 1.83 bits per heavy atom. The molecule has 3 N–H and O–H groups in total. The highest BCUT2D eigenvalue weighted by Crippen LogP contribution is 2.21. The molecule has 92 valence electrons. The van der Waals surface area contributed by atoms with Crippen LogP contribution in [0.3, 0.4) is 0 Å². The number of rotatable bonds is 3. The van der Waals surface area contributed by atoms with E-state index in [2.05, 4.69) is 4.98 Å². The van der Waals surface area contributed by atoms with Crippen LogP contribution in [-0.4, -0.2) is 17.9 Å². The number of hydrogen-bond donors (Lipinski definition) is 2. The first-order chi connectivity index (χ1) is 8.61. The van der Waals surface area contributed by atoms with E-state index in [1.54, 1.807) is 7.11 Å². The van der Waals surface area contributed by atoms with Crippen LogP contribution in [0.25, 0.3) is 11.3 Å². The second-order valence-corrected chi connectivity index (χ2v) is 3.97.